The summed E-state index contributed by atoms with van der Waals surface area (Å²) in [6.45, 7) is 2.39. The van der Waals surface area contributed by atoms with Gasteiger partial charge in [0.2, 0.25) is 0 Å². The number of hydrogen-bond acceptors (Lipinski definition) is 3. The highest BCUT2D eigenvalue weighted by molar-refractivity contribution is 6.33. The van der Waals surface area contributed by atoms with Crippen molar-refractivity contribution in [1.29, 1.82) is 0 Å². The third-order valence-electron chi connectivity index (χ3n) is 2.36. The number of halogens is 2. The molecule has 1 atom stereocenters. The summed E-state index contributed by atoms with van der Waals surface area (Å²) in [6, 6.07) is 5.21. The van der Waals surface area contributed by atoms with E-state index in [-0.39, 0.29) is 6.04 Å². The van der Waals surface area contributed by atoms with E-state index in [1.54, 1.807) is 16.8 Å². The molecule has 1 heterocycles. The fourth-order valence-electron chi connectivity index (χ4n) is 1.44. The van der Waals surface area contributed by atoms with Crippen molar-refractivity contribution in [2.24, 2.45) is 5.73 Å². The molecule has 2 aromatic rings. The van der Waals surface area contributed by atoms with Crippen molar-refractivity contribution < 1.29 is 0 Å². The van der Waals surface area contributed by atoms with Crippen LogP contribution in [0, 0.1) is 0 Å². The summed E-state index contributed by atoms with van der Waals surface area (Å²) < 4.78 is 1.69. The van der Waals surface area contributed by atoms with Gasteiger partial charge >= 0.3 is 0 Å². The number of hydrogen-bond donors (Lipinski definition) is 1. The third-order valence-corrected chi connectivity index (χ3v) is 2.97. The molecule has 0 saturated heterocycles. The van der Waals surface area contributed by atoms with Gasteiger partial charge in [-0.15, -0.1) is 5.10 Å². The lowest BCUT2D eigenvalue weighted by atomic mass is 10.2. The number of nitrogens with zero attached hydrogens (tertiary/aromatic N) is 3. The van der Waals surface area contributed by atoms with Crippen molar-refractivity contribution in [2.75, 3.05) is 0 Å². The molecule has 1 aromatic carbocycles. The first-order valence-corrected chi connectivity index (χ1v) is 5.91. The molecule has 90 valence electrons. The van der Waals surface area contributed by atoms with Crippen LogP contribution >= 0.6 is 23.2 Å². The predicted octanol–water partition coefficient (Wildman–Crippen LogP) is 2.65. The van der Waals surface area contributed by atoms with Crippen LogP contribution in [0.2, 0.25) is 10.0 Å². The average Bonchev–Trinajstić information content (AvgIpc) is 2.72. The normalized spacial score (nSPS) is 12.7. The van der Waals surface area contributed by atoms with Crippen LogP contribution in [0.25, 0.3) is 0 Å². The first-order chi connectivity index (χ1) is 8.06. The molecule has 0 aliphatic heterocycles. The van der Waals surface area contributed by atoms with Gasteiger partial charge in [0, 0.05) is 16.1 Å². The molecular weight excluding hydrogens is 259 g/mol. The molecule has 6 heteroatoms. The quantitative estimate of drug-likeness (QED) is 0.933. The van der Waals surface area contributed by atoms with Crippen LogP contribution in [0.3, 0.4) is 0 Å². The fourth-order valence-corrected chi connectivity index (χ4v) is 1.81. The molecule has 1 aromatic heterocycles. The lowest BCUT2D eigenvalue weighted by Crippen LogP contribution is -2.05. The summed E-state index contributed by atoms with van der Waals surface area (Å²) in [7, 11) is 0. The van der Waals surface area contributed by atoms with E-state index in [0.717, 1.165) is 11.3 Å². The van der Waals surface area contributed by atoms with E-state index >= 15 is 0 Å². The van der Waals surface area contributed by atoms with E-state index in [4.69, 9.17) is 28.9 Å². The molecule has 2 N–H and O–H groups in total. The molecular formula is C11H12Cl2N4. The zero-order valence-electron chi connectivity index (χ0n) is 9.27. The summed E-state index contributed by atoms with van der Waals surface area (Å²) in [6.07, 6.45) is 1.81. The molecule has 0 fully saturated rings. The first kappa shape index (κ1) is 12.4. The highest BCUT2D eigenvalue weighted by Crippen LogP contribution is 2.21. The summed E-state index contributed by atoms with van der Waals surface area (Å²) >= 11 is 12.0. The second-order valence-corrected chi connectivity index (χ2v) is 4.71. The largest absolute Gasteiger partial charge is 0.323 e. The smallest absolute Gasteiger partial charge is 0.0991 e. The summed E-state index contributed by atoms with van der Waals surface area (Å²) in [4.78, 5) is 0. The highest BCUT2D eigenvalue weighted by Gasteiger charge is 2.07. The van der Waals surface area contributed by atoms with Crippen molar-refractivity contribution in [1.82, 2.24) is 15.0 Å². The first-order valence-electron chi connectivity index (χ1n) is 5.16. The second kappa shape index (κ2) is 5.04. The lowest BCUT2D eigenvalue weighted by Gasteiger charge is -2.04. The van der Waals surface area contributed by atoms with Gasteiger partial charge < -0.3 is 5.73 Å². The maximum absolute atomic E-state index is 6.07. The van der Waals surface area contributed by atoms with E-state index in [1.165, 1.54) is 0 Å². The van der Waals surface area contributed by atoms with Gasteiger partial charge in [-0.3, -0.25) is 0 Å². The van der Waals surface area contributed by atoms with E-state index in [2.05, 4.69) is 10.3 Å². The van der Waals surface area contributed by atoms with Crippen LogP contribution in [0.4, 0.5) is 0 Å². The molecule has 1 unspecified atom stereocenters. The zero-order chi connectivity index (χ0) is 12.4. The van der Waals surface area contributed by atoms with Gasteiger partial charge in [-0.25, -0.2) is 4.68 Å². The van der Waals surface area contributed by atoms with Crippen molar-refractivity contribution in [3.8, 4) is 0 Å². The molecule has 0 aliphatic rings. The van der Waals surface area contributed by atoms with Crippen LogP contribution in [0.1, 0.15) is 24.2 Å². The maximum Gasteiger partial charge on any atom is 0.0991 e. The Hall–Kier alpha value is -1.10. The highest BCUT2D eigenvalue weighted by atomic mass is 35.5. The van der Waals surface area contributed by atoms with Gasteiger partial charge in [0.25, 0.3) is 0 Å². The molecule has 17 heavy (non-hydrogen) atoms. The molecule has 2 rings (SSSR count). The Bertz CT molecular complexity index is 522. The minimum Gasteiger partial charge on any atom is -0.323 e. The van der Waals surface area contributed by atoms with Gasteiger partial charge in [0.15, 0.2) is 0 Å². The molecule has 0 amide bonds. The minimum atomic E-state index is -0.126. The molecule has 4 nitrogen and oxygen atoms in total. The lowest BCUT2D eigenvalue weighted by molar-refractivity contribution is 0.648. The van der Waals surface area contributed by atoms with Crippen molar-refractivity contribution >= 4 is 23.2 Å². The number of nitrogens with two attached hydrogens (primary N) is 1. The molecule has 0 bridgehead atoms. The fraction of sp³-hybridized carbons (Fsp3) is 0.273. The van der Waals surface area contributed by atoms with Crippen LogP contribution in [0.15, 0.2) is 24.4 Å². The van der Waals surface area contributed by atoms with Crippen LogP contribution in [-0.4, -0.2) is 15.0 Å². The molecule has 0 radical (unpaired) electrons. The zero-order valence-corrected chi connectivity index (χ0v) is 10.8. The van der Waals surface area contributed by atoms with Gasteiger partial charge in [-0.1, -0.05) is 28.4 Å². The Kier molecular flexibility index (Phi) is 3.66. The summed E-state index contributed by atoms with van der Waals surface area (Å²) in [5, 5.41) is 9.27. The maximum atomic E-state index is 6.07. The Morgan fingerprint density at radius 1 is 1.41 bits per heavy atom. The van der Waals surface area contributed by atoms with Crippen LogP contribution in [-0.2, 0) is 6.54 Å². The Morgan fingerprint density at radius 3 is 2.82 bits per heavy atom. The summed E-state index contributed by atoms with van der Waals surface area (Å²) in [5.74, 6) is 0. The van der Waals surface area contributed by atoms with E-state index < -0.39 is 0 Å². The van der Waals surface area contributed by atoms with Gasteiger partial charge in [0.05, 0.1) is 18.4 Å². The summed E-state index contributed by atoms with van der Waals surface area (Å²) in [5.41, 5.74) is 7.37. The molecule has 0 spiro atoms. The Labute approximate surface area is 109 Å². The van der Waals surface area contributed by atoms with Crippen molar-refractivity contribution in [3.05, 3.63) is 45.7 Å². The van der Waals surface area contributed by atoms with E-state index in [9.17, 15) is 0 Å². The minimum absolute atomic E-state index is 0.126. The standard InChI is InChI=1S/C11H12Cl2N4/c1-7(14)11-6-17(16-15-11)5-8-4-9(12)2-3-10(8)13/h2-4,6-7H,5,14H2,1H3. The Balaban J connectivity index is 2.22. The van der Waals surface area contributed by atoms with Gasteiger partial charge in [-0.2, -0.15) is 0 Å². The monoisotopic (exact) mass is 270 g/mol. The van der Waals surface area contributed by atoms with Crippen LogP contribution in [0.5, 0.6) is 0 Å². The number of aromatic nitrogens is 3. The molecule has 0 saturated carbocycles. The van der Waals surface area contributed by atoms with Crippen LogP contribution < -0.4 is 5.73 Å². The van der Waals surface area contributed by atoms with Gasteiger partial charge in [-0.05, 0) is 30.7 Å². The Morgan fingerprint density at radius 2 is 2.18 bits per heavy atom. The van der Waals surface area contributed by atoms with E-state index in [0.29, 0.717) is 16.6 Å². The van der Waals surface area contributed by atoms with E-state index in [1.807, 2.05) is 19.2 Å². The SMILES string of the molecule is CC(N)c1cn(Cc2cc(Cl)ccc2Cl)nn1. The average molecular weight is 271 g/mol. The molecule has 0 aliphatic carbocycles. The van der Waals surface area contributed by atoms with Crippen molar-refractivity contribution in [2.45, 2.75) is 19.5 Å². The predicted molar refractivity (Wildman–Crippen MR) is 68.2 cm³/mol. The second-order valence-electron chi connectivity index (χ2n) is 3.87. The van der Waals surface area contributed by atoms with Gasteiger partial charge in [0.1, 0.15) is 0 Å². The number of rotatable bonds is 3. The van der Waals surface area contributed by atoms with Crippen molar-refractivity contribution in [3.63, 3.8) is 0 Å². The third kappa shape index (κ3) is 2.97. The topological polar surface area (TPSA) is 56.7 Å². The number of benzene rings is 1.